The molecule has 0 atom stereocenters. The van der Waals surface area contributed by atoms with Gasteiger partial charge in [-0.25, -0.2) is 9.78 Å². The summed E-state index contributed by atoms with van der Waals surface area (Å²) in [5, 5.41) is 5.98. The van der Waals surface area contributed by atoms with Crippen LogP contribution in [0.2, 0.25) is 0 Å². The molecule has 0 saturated heterocycles. The first-order valence-corrected chi connectivity index (χ1v) is 6.87. The maximum atomic E-state index is 11.6. The normalized spacial score (nSPS) is 11.3. The van der Waals surface area contributed by atoms with Gasteiger partial charge in [-0.2, -0.15) is 0 Å². The number of alkyl carbamates (subject to hydrolysis) is 1. The van der Waals surface area contributed by atoms with Crippen LogP contribution in [0.4, 0.5) is 10.6 Å². The number of aryl methyl sites for hydroxylation is 1. The number of hydrogen-bond donors (Lipinski definition) is 2. The van der Waals surface area contributed by atoms with E-state index in [2.05, 4.69) is 29.5 Å². The number of amides is 1. The van der Waals surface area contributed by atoms with Gasteiger partial charge in [-0.3, -0.25) is 0 Å². The zero-order valence-electron chi connectivity index (χ0n) is 13.2. The van der Waals surface area contributed by atoms with Gasteiger partial charge in [0.25, 0.3) is 0 Å². The molecule has 1 aromatic rings. The topological polar surface area (TPSA) is 63.2 Å². The van der Waals surface area contributed by atoms with E-state index in [9.17, 15) is 4.79 Å². The van der Waals surface area contributed by atoms with Gasteiger partial charge in [0.2, 0.25) is 0 Å². The number of aromatic nitrogens is 1. The van der Waals surface area contributed by atoms with E-state index < -0.39 is 11.7 Å². The molecule has 0 spiro atoms. The molecule has 0 bridgehead atoms. The van der Waals surface area contributed by atoms with Crippen molar-refractivity contribution in [2.45, 2.75) is 59.7 Å². The first-order chi connectivity index (χ1) is 9.17. The summed E-state index contributed by atoms with van der Waals surface area (Å²) in [5.74, 6) is 0.846. The van der Waals surface area contributed by atoms with Crippen LogP contribution in [0.5, 0.6) is 0 Å². The highest BCUT2D eigenvalue weighted by Crippen LogP contribution is 2.12. The predicted octanol–water partition coefficient (Wildman–Crippen LogP) is 3.24. The Morgan fingerprint density at radius 3 is 2.50 bits per heavy atom. The molecule has 1 rings (SSSR count). The summed E-state index contributed by atoms with van der Waals surface area (Å²) in [6.45, 7) is 12.0. The summed E-state index contributed by atoms with van der Waals surface area (Å²) < 4.78 is 5.19. The predicted molar refractivity (Wildman–Crippen MR) is 80.8 cm³/mol. The van der Waals surface area contributed by atoms with Crippen LogP contribution in [-0.2, 0) is 11.3 Å². The Hall–Kier alpha value is -1.78. The van der Waals surface area contributed by atoms with Crippen LogP contribution in [-0.4, -0.2) is 22.7 Å². The first kappa shape index (κ1) is 16.3. The van der Waals surface area contributed by atoms with E-state index in [1.807, 2.05) is 39.8 Å². The molecule has 1 amide bonds. The van der Waals surface area contributed by atoms with Crippen LogP contribution in [0, 0.1) is 6.92 Å². The zero-order valence-corrected chi connectivity index (χ0v) is 13.2. The van der Waals surface area contributed by atoms with E-state index in [0.29, 0.717) is 12.6 Å². The van der Waals surface area contributed by atoms with Crippen molar-refractivity contribution in [1.29, 1.82) is 0 Å². The van der Waals surface area contributed by atoms with E-state index in [-0.39, 0.29) is 0 Å². The fraction of sp³-hybridized carbons (Fsp3) is 0.600. The molecule has 1 heterocycles. The molecule has 2 N–H and O–H groups in total. The third-order valence-electron chi connectivity index (χ3n) is 2.45. The molecule has 1 aromatic heterocycles. The molecular weight excluding hydrogens is 254 g/mol. The van der Waals surface area contributed by atoms with Gasteiger partial charge in [0, 0.05) is 18.3 Å². The van der Waals surface area contributed by atoms with E-state index in [0.717, 1.165) is 17.1 Å². The van der Waals surface area contributed by atoms with Gasteiger partial charge < -0.3 is 15.4 Å². The number of rotatable bonds is 4. The molecular formula is C15H25N3O2. The highest BCUT2D eigenvalue weighted by Gasteiger charge is 2.16. The smallest absolute Gasteiger partial charge is 0.407 e. The van der Waals surface area contributed by atoms with Crippen molar-refractivity contribution in [1.82, 2.24) is 10.3 Å². The Balaban J connectivity index is 2.59. The summed E-state index contributed by atoms with van der Waals surface area (Å²) in [5.41, 5.74) is 1.39. The molecule has 0 aliphatic heterocycles. The molecule has 0 aliphatic carbocycles. The second-order valence-electron chi connectivity index (χ2n) is 6.10. The number of nitrogens with one attached hydrogen (secondary N) is 2. The second kappa shape index (κ2) is 6.59. The highest BCUT2D eigenvalue weighted by molar-refractivity contribution is 5.67. The van der Waals surface area contributed by atoms with Gasteiger partial charge in [-0.05, 0) is 53.2 Å². The molecule has 0 radical (unpaired) electrons. The van der Waals surface area contributed by atoms with E-state index in [4.69, 9.17) is 4.74 Å². The maximum absolute atomic E-state index is 11.6. The molecule has 0 aromatic carbocycles. The van der Waals surface area contributed by atoms with Crippen LogP contribution in [0.15, 0.2) is 12.1 Å². The molecule has 0 aliphatic rings. The van der Waals surface area contributed by atoms with Crippen molar-refractivity contribution in [2.75, 3.05) is 5.32 Å². The van der Waals surface area contributed by atoms with Gasteiger partial charge in [0.05, 0.1) is 0 Å². The number of nitrogens with zero attached hydrogens (tertiary/aromatic N) is 1. The number of pyridine rings is 1. The lowest BCUT2D eigenvalue weighted by Gasteiger charge is -2.20. The van der Waals surface area contributed by atoms with E-state index >= 15 is 0 Å². The highest BCUT2D eigenvalue weighted by atomic mass is 16.6. The molecule has 20 heavy (non-hydrogen) atoms. The van der Waals surface area contributed by atoms with Crippen molar-refractivity contribution in [3.8, 4) is 0 Å². The Morgan fingerprint density at radius 1 is 1.35 bits per heavy atom. The Kier molecular flexibility index (Phi) is 5.36. The summed E-state index contributed by atoms with van der Waals surface area (Å²) in [6, 6.07) is 4.22. The van der Waals surface area contributed by atoms with Crippen molar-refractivity contribution in [3.05, 3.63) is 23.4 Å². The average molecular weight is 279 g/mol. The average Bonchev–Trinajstić information content (AvgIpc) is 2.24. The van der Waals surface area contributed by atoms with Gasteiger partial charge in [0.15, 0.2) is 0 Å². The number of anilines is 1. The van der Waals surface area contributed by atoms with Crippen LogP contribution in [0.1, 0.15) is 45.9 Å². The van der Waals surface area contributed by atoms with Gasteiger partial charge in [-0.1, -0.05) is 6.07 Å². The first-order valence-electron chi connectivity index (χ1n) is 6.87. The summed E-state index contributed by atoms with van der Waals surface area (Å²) >= 11 is 0. The lowest BCUT2D eigenvalue weighted by molar-refractivity contribution is 0.0523. The van der Waals surface area contributed by atoms with Gasteiger partial charge in [-0.15, -0.1) is 0 Å². The fourth-order valence-electron chi connectivity index (χ4n) is 1.63. The van der Waals surface area contributed by atoms with Crippen molar-refractivity contribution < 1.29 is 9.53 Å². The standard InChI is InChI=1S/C15H25N3O2/c1-10(2)17-13-8-7-12(11(3)18-13)9-16-14(19)20-15(4,5)6/h7-8,10H,9H2,1-6H3,(H,16,19)(H,17,18). The minimum Gasteiger partial charge on any atom is -0.444 e. The Morgan fingerprint density at radius 2 is 2.00 bits per heavy atom. The maximum Gasteiger partial charge on any atom is 0.407 e. The fourth-order valence-corrected chi connectivity index (χ4v) is 1.63. The Bertz CT molecular complexity index is 465. The summed E-state index contributed by atoms with van der Waals surface area (Å²) in [4.78, 5) is 16.1. The second-order valence-corrected chi connectivity index (χ2v) is 6.10. The van der Waals surface area contributed by atoms with Crippen molar-refractivity contribution >= 4 is 11.9 Å². The van der Waals surface area contributed by atoms with E-state index in [1.165, 1.54) is 0 Å². The minimum atomic E-state index is -0.484. The molecule has 0 fully saturated rings. The van der Waals surface area contributed by atoms with Crippen LogP contribution >= 0.6 is 0 Å². The third-order valence-corrected chi connectivity index (χ3v) is 2.45. The van der Waals surface area contributed by atoms with Crippen LogP contribution in [0.3, 0.4) is 0 Å². The monoisotopic (exact) mass is 279 g/mol. The van der Waals surface area contributed by atoms with E-state index in [1.54, 1.807) is 0 Å². The van der Waals surface area contributed by atoms with Crippen LogP contribution in [0.25, 0.3) is 0 Å². The quantitative estimate of drug-likeness (QED) is 0.888. The molecule has 0 unspecified atom stereocenters. The third kappa shape index (κ3) is 5.91. The van der Waals surface area contributed by atoms with Crippen molar-refractivity contribution in [2.24, 2.45) is 0 Å². The zero-order chi connectivity index (χ0) is 15.3. The Labute approximate surface area is 121 Å². The van der Waals surface area contributed by atoms with Gasteiger partial charge in [0.1, 0.15) is 11.4 Å². The molecule has 5 nitrogen and oxygen atoms in total. The largest absolute Gasteiger partial charge is 0.444 e. The number of ether oxygens (including phenoxy) is 1. The molecule has 112 valence electrons. The van der Waals surface area contributed by atoms with Gasteiger partial charge >= 0.3 is 6.09 Å². The summed E-state index contributed by atoms with van der Waals surface area (Å²) in [6.07, 6.45) is -0.415. The molecule has 0 saturated carbocycles. The van der Waals surface area contributed by atoms with Crippen molar-refractivity contribution in [3.63, 3.8) is 0 Å². The lowest BCUT2D eigenvalue weighted by atomic mass is 10.2. The molecule has 5 heteroatoms. The SMILES string of the molecule is Cc1nc(NC(C)C)ccc1CNC(=O)OC(C)(C)C. The minimum absolute atomic E-state index is 0.340. The number of carbonyl (C=O) groups excluding carboxylic acids is 1. The summed E-state index contributed by atoms with van der Waals surface area (Å²) in [7, 11) is 0. The van der Waals surface area contributed by atoms with Crippen LogP contribution < -0.4 is 10.6 Å². The number of hydrogen-bond acceptors (Lipinski definition) is 4. The lowest BCUT2D eigenvalue weighted by Crippen LogP contribution is -2.32. The number of carbonyl (C=O) groups is 1.